The SMILES string of the molecule is O=C1c2cccc(-n3c4cc(-c5cc(C(F)(F)F)cc(C(F)(F)F)c5)ccc4c4ccc(-c5cc(C(F)(F)F)cc(C(F)(F)F)c5)cc43)c2C(=O)N1c1cc(-c2ccccc2)cc(-c2ccccc2)c1. The van der Waals surface area contributed by atoms with Gasteiger partial charge in [-0.25, -0.2) is 4.90 Å². The van der Waals surface area contributed by atoms with E-state index in [0.717, 1.165) is 16.0 Å². The van der Waals surface area contributed by atoms with Crippen molar-refractivity contribution in [3.8, 4) is 50.2 Å². The van der Waals surface area contributed by atoms with Gasteiger partial charge in [0.05, 0.1) is 55.8 Å². The van der Waals surface area contributed by atoms with Gasteiger partial charge in [-0.15, -0.1) is 0 Å². The Bertz CT molecular complexity index is 3340. The number of aromatic nitrogens is 1. The Kier molecular flexibility index (Phi) is 10.6. The van der Waals surface area contributed by atoms with E-state index >= 15 is 4.79 Å². The average Bonchev–Trinajstić information content (AvgIpc) is 3.79. The number of amides is 2. The molecular formula is C54H28F12N2O2. The smallest absolute Gasteiger partial charge is 0.308 e. The minimum Gasteiger partial charge on any atom is -0.308 e. The molecule has 16 heteroatoms. The van der Waals surface area contributed by atoms with Crippen molar-refractivity contribution in [2.75, 3.05) is 4.90 Å². The fourth-order valence-corrected chi connectivity index (χ4v) is 8.90. The monoisotopic (exact) mass is 964 g/mol. The van der Waals surface area contributed by atoms with Crippen LogP contribution in [0.5, 0.6) is 0 Å². The Labute approximate surface area is 388 Å². The lowest BCUT2D eigenvalue weighted by molar-refractivity contribution is -0.144. The van der Waals surface area contributed by atoms with Gasteiger partial charge in [0, 0.05) is 10.8 Å². The highest BCUT2D eigenvalue weighted by molar-refractivity contribution is 6.36. The molecule has 0 saturated carbocycles. The van der Waals surface area contributed by atoms with Crippen LogP contribution >= 0.6 is 0 Å². The van der Waals surface area contributed by atoms with Crippen molar-refractivity contribution in [2.24, 2.45) is 0 Å². The number of hydrogen-bond acceptors (Lipinski definition) is 2. The first-order valence-corrected chi connectivity index (χ1v) is 21.0. The van der Waals surface area contributed by atoms with E-state index in [9.17, 15) is 57.5 Å². The number of alkyl halides is 12. The Morgan fingerprint density at radius 1 is 0.329 bits per heavy atom. The van der Waals surface area contributed by atoms with Crippen LogP contribution in [0.1, 0.15) is 43.0 Å². The summed E-state index contributed by atoms with van der Waals surface area (Å²) in [5.41, 5.74) is -5.06. The number of halogens is 12. The fraction of sp³-hybridized carbons (Fsp3) is 0.0741. The van der Waals surface area contributed by atoms with Crippen LogP contribution in [0.15, 0.2) is 170 Å². The topological polar surface area (TPSA) is 42.3 Å². The quantitative estimate of drug-likeness (QED) is 0.123. The lowest BCUT2D eigenvalue weighted by Gasteiger charge is -2.18. The lowest BCUT2D eigenvalue weighted by atomic mass is 9.97. The molecule has 2 heterocycles. The van der Waals surface area contributed by atoms with Crippen LogP contribution in [-0.2, 0) is 24.7 Å². The summed E-state index contributed by atoms with van der Waals surface area (Å²) >= 11 is 0. The Morgan fingerprint density at radius 3 is 1.13 bits per heavy atom. The molecule has 0 bridgehead atoms. The predicted octanol–water partition coefficient (Wildman–Crippen LogP) is 16.3. The van der Waals surface area contributed by atoms with Gasteiger partial charge in [-0.05, 0) is 123 Å². The molecular weight excluding hydrogens is 937 g/mol. The summed E-state index contributed by atoms with van der Waals surface area (Å²) in [7, 11) is 0. The molecule has 0 spiro atoms. The highest BCUT2D eigenvalue weighted by Crippen LogP contribution is 2.45. The normalized spacial score (nSPS) is 13.5. The molecule has 10 rings (SSSR count). The number of rotatable bonds is 6. The zero-order chi connectivity index (χ0) is 49.7. The van der Waals surface area contributed by atoms with Gasteiger partial charge in [0.15, 0.2) is 0 Å². The minimum absolute atomic E-state index is 0.0292. The summed E-state index contributed by atoms with van der Waals surface area (Å²) < 4.78 is 171. The van der Waals surface area contributed by atoms with Crippen molar-refractivity contribution >= 4 is 39.3 Å². The third-order valence-electron chi connectivity index (χ3n) is 12.1. The van der Waals surface area contributed by atoms with Gasteiger partial charge in [0.1, 0.15) is 0 Å². The molecule has 1 aliphatic heterocycles. The largest absolute Gasteiger partial charge is 0.416 e. The van der Waals surface area contributed by atoms with Crippen molar-refractivity contribution in [2.45, 2.75) is 24.7 Å². The van der Waals surface area contributed by atoms with E-state index in [1.165, 1.54) is 59.2 Å². The van der Waals surface area contributed by atoms with E-state index < -0.39 is 69.9 Å². The number of anilines is 1. The molecule has 1 aromatic heterocycles. The zero-order valence-electron chi connectivity index (χ0n) is 35.4. The second kappa shape index (κ2) is 16.2. The van der Waals surface area contributed by atoms with Crippen LogP contribution < -0.4 is 4.90 Å². The molecule has 0 atom stereocenters. The third kappa shape index (κ3) is 8.12. The maximum Gasteiger partial charge on any atom is 0.416 e. The first-order valence-electron chi connectivity index (χ1n) is 21.0. The van der Waals surface area contributed by atoms with Gasteiger partial charge in [-0.1, -0.05) is 91.0 Å². The van der Waals surface area contributed by atoms with Crippen molar-refractivity contribution in [3.05, 3.63) is 203 Å². The Hall–Kier alpha value is -8.14. The van der Waals surface area contributed by atoms with E-state index in [4.69, 9.17) is 0 Å². The Morgan fingerprint density at radius 2 is 0.729 bits per heavy atom. The maximum absolute atomic E-state index is 15.1. The maximum atomic E-state index is 15.1. The van der Waals surface area contributed by atoms with Crippen molar-refractivity contribution in [1.82, 2.24) is 4.57 Å². The molecule has 0 radical (unpaired) electrons. The first-order chi connectivity index (χ1) is 33.0. The molecule has 4 nitrogen and oxygen atoms in total. The lowest BCUT2D eigenvalue weighted by Crippen LogP contribution is -2.29. The van der Waals surface area contributed by atoms with Gasteiger partial charge in [0.2, 0.25) is 0 Å². The second-order valence-corrected chi connectivity index (χ2v) is 16.5. The fourth-order valence-electron chi connectivity index (χ4n) is 8.90. The number of hydrogen-bond donors (Lipinski definition) is 0. The van der Waals surface area contributed by atoms with Crippen LogP contribution in [0.25, 0.3) is 72.0 Å². The number of benzene rings is 8. The van der Waals surface area contributed by atoms with Gasteiger partial charge in [0.25, 0.3) is 11.8 Å². The molecule has 350 valence electrons. The van der Waals surface area contributed by atoms with Crippen molar-refractivity contribution < 1.29 is 62.3 Å². The molecule has 0 saturated heterocycles. The van der Waals surface area contributed by atoms with Crippen LogP contribution in [0.3, 0.4) is 0 Å². The van der Waals surface area contributed by atoms with Gasteiger partial charge in [-0.2, -0.15) is 52.7 Å². The van der Waals surface area contributed by atoms with Crippen molar-refractivity contribution in [3.63, 3.8) is 0 Å². The second-order valence-electron chi connectivity index (χ2n) is 16.5. The summed E-state index contributed by atoms with van der Waals surface area (Å²) in [5.74, 6) is -1.61. The summed E-state index contributed by atoms with van der Waals surface area (Å²) in [6.45, 7) is 0. The molecule has 70 heavy (non-hydrogen) atoms. The molecule has 0 aliphatic carbocycles. The van der Waals surface area contributed by atoms with E-state index in [1.54, 1.807) is 12.1 Å². The molecule has 0 fully saturated rings. The first kappa shape index (κ1) is 45.6. The van der Waals surface area contributed by atoms with E-state index in [-0.39, 0.29) is 67.6 Å². The summed E-state index contributed by atoms with van der Waals surface area (Å²) in [6, 6.07) is 37.5. The van der Waals surface area contributed by atoms with E-state index in [1.807, 2.05) is 66.7 Å². The minimum atomic E-state index is -5.20. The molecule has 0 N–H and O–H groups in total. The molecule has 2 amide bonds. The van der Waals surface area contributed by atoms with Crippen LogP contribution in [-0.4, -0.2) is 16.4 Å². The number of imide groups is 1. The third-order valence-corrected chi connectivity index (χ3v) is 12.1. The molecule has 9 aromatic rings. The highest BCUT2D eigenvalue weighted by Gasteiger charge is 2.41. The standard InChI is InChI=1S/C54H28F12N2O2/c55-51(56,57)37-19-35(20-38(27-37)52(58,59)60)31-14-16-42-43-17-15-32(36-21-39(53(61,62)63)28-40(22-36)54(64,65)66)26-47(43)68(46(42)25-31)45-13-7-12-44-48(45)50(70)67(49(44)69)41-23-33(29-8-3-1-4-9-29)18-34(24-41)30-10-5-2-6-11-30/h1-28H. The zero-order valence-corrected chi connectivity index (χ0v) is 35.4. The van der Waals surface area contributed by atoms with E-state index in [0.29, 0.717) is 35.4 Å². The number of fused-ring (bicyclic) bond motifs is 4. The van der Waals surface area contributed by atoms with Gasteiger partial charge in [-0.3, -0.25) is 9.59 Å². The molecule has 0 unspecified atom stereocenters. The molecule has 1 aliphatic rings. The number of carbonyl (C=O) groups excluding carboxylic acids is 2. The van der Waals surface area contributed by atoms with Crippen LogP contribution in [0, 0.1) is 0 Å². The van der Waals surface area contributed by atoms with Crippen LogP contribution in [0.4, 0.5) is 58.4 Å². The number of carbonyl (C=O) groups is 2. The van der Waals surface area contributed by atoms with E-state index in [2.05, 4.69) is 0 Å². The predicted molar refractivity (Wildman–Crippen MR) is 240 cm³/mol. The van der Waals surface area contributed by atoms with Crippen LogP contribution in [0.2, 0.25) is 0 Å². The summed E-state index contributed by atoms with van der Waals surface area (Å²) in [4.78, 5) is 30.6. The molecule has 8 aromatic carbocycles. The number of nitrogens with zero attached hydrogens (tertiary/aromatic N) is 2. The average molecular weight is 965 g/mol. The van der Waals surface area contributed by atoms with Gasteiger partial charge < -0.3 is 4.57 Å². The summed E-state index contributed by atoms with van der Waals surface area (Å²) in [5, 5.41) is 0.533. The highest BCUT2D eigenvalue weighted by atomic mass is 19.4. The Balaban J connectivity index is 1.22. The van der Waals surface area contributed by atoms with Gasteiger partial charge >= 0.3 is 24.7 Å². The van der Waals surface area contributed by atoms with Crippen molar-refractivity contribution in [1.29, 1.82) is 0 Å². The summed E-state index contributed by atoms with van der Waals surface area (Å²) in [6.07, 6.45) is -20.8.